The lowest BCUT2D eigenvalue weighted by atomic mass is 10.1. The Morgan fingerprint density at radius 1 is 0.861 bits per heavy atom. The smallest absolute Gasteiger partial charge is 0.257 e. The van der Waals surface area contributed by atoms with Gasteiger partial charge in [0.05, 0.1) is 10.7 Å². The first-order chi connectivity index (χ1) is 17.5. The molecule has 0 unspecified atom stereocenters. The first kappa shape index (κ1) is 23.9. The number of fused-ring (bicyclic) bond motifs is 1. The molecule has 184 valence electrons. The number of piperazine rings is 1. The summed E-state index contributed by atoms with van der Waals surface area (Å²) in [6, 6.07) is 19.8. The molecule has 1 fully saturated rings. The van der Waals surface area contributed by atoms with E-state index in [-0.39, 0.29) is 23.7 Å². The minimum atomic E-state index is -0.364. The third kappa shape index (κ3) is 5.22. The van der Waals surface area contributed by atoms with Crippen molar-refractivity contribution in [2.45, 2.75) is 0 Å². The van der Waals surface area contributed by atoms with Crippen LogP contribution in [0.1, 0.15) is 20.7 Å². The number of hydrogen-bond acceptors (Lipinski definition) is 6. The van der Waals surface area contributed by atoms with Gasteiger partial charge in [-0.25, -0.2) is 0 Å². The number of rotatable bonds is 4. The number of carbonyl (C=O) groups excluding carboxylic acids is 2. The normalized spacial score (nSPS) is 14.4. The van der Waals surface area contributed by atoms with Gasteiger partial charge in [-0.2, -0.15) is 0 Å². The van der Waals surface area contributed by atoms with Crippen LogP contribution in [0.5, 0.6) is 11.5 Å². The van der Waals surface area contributed by atoms with Gasteiger partial charge in [-0.15, -0.1) is 0 Å². The quantitative estimate of drug-likeness (QED) is 0.498. The summed E-state index contributed by atoms with van der Waals surface area (Å²) < 4.78 is 10.6. The van der Waals surface area contributed by atoms with E-state index in [1.54, 1.807) is 24.3 Å². The lowest BCUT2D eigenvalue weighted by Gasteiger charge is -2.36. The van der Waals surface area contributed by atoms with Crippen LogP contribution in [0.3, 0.4) is 0 Å². The summed E-state index contributed by atoms with van der Waals surface area (Å²) in [6.07, 6.45) is 0. The molecule has 2 N–H and O–H groups in total. The molecule has 3 aromatic carbocycles. The fourth-order valence-corrected chi connectivity index (χ4v) is 4.64. The third-order valence-corrected chi connectivity index (χ3v) is 6.50. The van der Waals surface area contributed by atoms with Crippen LogP contribution in [0.2, 0.25) is 5.02 Å². The second-order valence-electron chi connectivity index (χ2n) is 8.29. The summed E-state index contributed by atoms with van der Waals surface area (Å²) in [5, 5.41) is 6.35. The van der Waals surface area contributed by atoms with Crippen molar-refractivity contribution in [3.63, 3.8) is 0 Å². The van der Waals surface area contributed by atoms with Crippen LogP contribution in [-0.4, -0.2) is 54.8 Å². The number of thiocarbonyl (C=S) groups is 1. The number of anilines is 2. The minimum Gasteiger partial charge on any atom is -0.454 e. The Bertz CT molecular complexity index is 1310. The molecule has 0 bridgehead atoms. The Morgan fingerprint density at radius 2 is 1.61 bits per heavy atom. The number of benzene rings is 3. The van der Waals surface area contributed by atoms with Gasteiger partial charge in [-0.3, -0.25) is 14.9 Å². The van der Waals surface area contributed by atoms with E-state index < -0.39 is 0 Å². The van der Waals surface area contributed by atoms with Crippen molar-refractivity contribution in [1.82, 2.24) is 10.2 Å². The molecule has 0 radical (unpaired) electrons. The van der Waals surface area contributed by atoms with Crippen LogP contribution < -0.4 is 25.0 Å². The van der Waals surface area contributed by atoms with Gasteiger partial charge in [-0.1, -0.05) is 29.8 Å². The van der Waals surface area contributed by atoms with E-state index in [1.807, 2.05) is 47.4 Å². The number of hydrogen-bond donors (Lipinski definition) is 2. The molecule has 2 aliphatic rings. The lowest BCUT2D eigenvalue weighted by molar-refractivity contribution is 0.0746. The van der Waals surface area contributed by atoms with E-state index >= 15 is 0 Å². The Labute approximate surface area is 218 Å². The van der Waals surface area contributed by atoms with E-state index in [1.165, 1.54) is 0 Å². The van der Waals surface area contributed by atoms with Crippen molar-refractivity contribution >= 4 is 52.1 Å². The van der Waals surface area contributed by atoms with Crippen molar-refractivity contribution in [2.75, 3.05) is 43.2 Å². The number of ether oxygens (including phenoxy) is 2. The van der Waals surface area contributed by atoms with E-state index in [2.05, 4.69) is 15.5 Å². The maximum absolute atomic E-state index is 12.7. The average molecular weight is 523 g/mol. The largest absolute Gasteiger partial charge is 0.454 e. The summed E-state index contributed by atoms with van der Waals surface area (Å²) in [4.78, 5) is 29.2. The molecular weight excluding hydrogens is 500 g/mol. The fraction of sp³-hybridized carbons (Fsp3) is 0.192. The molecule has 0 saturated carbocycles. The Morgan fingerprint density at radius 3 is 2.36 bits per heavy atom. The van der Waals surface area contributed by atoms with Crippen LogP contribution >= 0.6 is 23.8 Å². The molecule has 0 spiro atoms. The zero-order valence-corrected chi connectivity index (χ0v) is 20.8. The summed E-state index contributed by atoms with van der Waals surface area (Å²) in [5.41, 5.74) is 2.63. The van der Waals surface area contributed by atoms with Gasteiger partial charge >= 0.3 is 0 Å². The molecule has 10 heteroatoms. The molecule has 0 aliphatic carbocycles. The molecular formula is C26H23ClN4O4S. The Balaban J connectivity index is 1.16. The van der Waals surface area contributed by atoms with Crippen molar-refractivity contribution in [3.05, 3.63) is 82.9 Å². The maximum Gasteiger partial charge on any atom is 0.257 e. The van der Waals surface area contributed by atoms with Gasteiger partial charge in [0.1, 0.15) is 0 Å². The third-order valence-electron chi connectivity index (χ3n) is 6.00. The second kappa shape index (κ2) is 10.4. The maximum atomic E-state index is 12.7. The topological polar surface area (TPSA) is 83.1 Å². The monoisotopic (exact) mass is 522 g/mol. The molecule has 36 heavy (non-hydrogen) atoms. The SMILES string of the molecule is O=C(NC(=S)Nc1ccc(N2CCN(C(=O)c3ccccc3)CC2)c(Cl)c1)c1ccc2c(c1)OCO2. The standard InChI is InChI=1S/C26H23ClN4O4S/c27-20-15-19(28-26(36)29-24(32)18-6-9-22-23(14-18)35-16-34-22)7-8-21(20)30-10-12-31(13-11-30)25(33)17-4-2-1-3-5-17/h1-9,14-15H,10-13,16H2,(H2,28,29,32,36). The van der Waals surface area contributed by atoms with Crippen LogP contribution in [0, 0.1) is 0 Å². The molecule has 2 heterocycles. The molecule has 2 aliphatic heterocycles. The van der Waals surface area contributed by atoms with Crippen molar-refractivity contribution in [1.29, 1.82) is 0 Å². The highest BCUT2D eigenvalue weighted by Gasteiger charge is 2.23. The Kier molecular flexibility index (Phi) is 6.92. The minimum absolute atomic E-state index is 0.0391. The van der Waals surface area contributed by atoms with Crippen molar-refractivity contribution in [2.24, 2.45) is 0 Å². The summed E-state index contributed by atoms with van der Waals surface area (Å²) >= 11 is 11.9. The number of amides is 2. The summed E-state index contributed by atoms with van der Waals surface area (Å²) in [7, 11) is 0. The van der Waals surface area contributed by atoms with Gasteiger partial charge in [0.25, 0.3) is 11.8 Å². The van der Waals surface area contributed by atoms with Gasteiger partial charge in [-0.05, 0) is 60.7 Å². The average Bonchev–Trinajstić information content (AvgIpc) is 3.37. The zero-order valence-electron chi connectivity index (χ0n) is 19.2. The van der Waals surface area contributed by atoms with E-state index in [4.69, 9.17) is 33.3 Å². The van der Waals surface area contributed by atoms with Crippen molar-refractivity contribution < 1.29 is 19.1 Å². The fourth-order valence-electron chi connectivity index (χ4n) is 4.13. The molecule has 5 rings (SSSR count). The zero-order chi connectivity index (χ0) is 25.1. The van der Waals surface area contributed by atoms with Crippen LogP contribution in [0.4, 0.5) is 11.4 Å². The predicted octanol–water partition coefficient (Wildman–Crippen LogP) is 4.16. The molecule has 1 saturated heterocycles. The van der Waals surface area contributed by atoms with Gasteiger partial charge in [0, 0.05) is 43.0 Å². The van der Waals surface area contributed by atoms with Gasteiger partial charge in [0.15, 0.2) is 16.6 Å². The highest BCUT2D eigenvalue weighted by Crippen LogP contribution is 2.32. The lowest BCUT2D eigenvalue weighted by Crippen LogP contribution is -2.48. The molecule has 0 atom stereocenters. The van der Waals surface area contributed by atoms with Gasteiger partial charge in [0.2, 0.25) is 6.79 Å². The van der Waals surface area contributed by atoms with Crippen LogP contribution in [0.15, 0.2) is 66.7 Å². The summed E-state index contributed by atoms with van der Waals surface area (Å²) in [6.45, 7) is 2.71. The van der Waals surface area contributed by atoms with E-state index in [0.717, 1.165) is 5.69 Å². The van der Waals surface area contributed by atoms with Crippen LogP contribution in [0.25, 0.3) is 0 Å². The van der Waals surface area contributed by atoms with E-state index in [0.29, 0.717) is 59.5 Å². The second-order valence-corrected chi connectivity index (χ2v) is 9.10. The highest BCUT2D eigenvalue weighted by atomic mass is 35.5. The summed E-state index contributed by atoms with van der Waals surface area (Å²) in [5.74, 6) is 0.800. The molecule has 8 nitrogen and oxygen atoms in total. The van der Waals surface area contributed by atoms with Crippen LogP contribution in [-0.2, 0) is 0 Å². The highest BCUT2D eigenvalue weighted by molar-refractivity contribution is 7.80. The van der Waals surface area contributed by atoms with Gasteiger partial charge < -0.3 is 24.6 Å². The molecule has 3 aromatic rings. The number of halogens is 1. The molecule has 2 amide bonds. The number of carbonyl (C=O) groups is 2. The first-order valence-corrected chi connectivity index (χ1v) is 12.2. The van der Waals surface area contributed by atoms with E-state index in [9.17, 15) is 9.59 Å². The predicted molar refractivity (Wildman–Crippen MR) is 142 cm³/mol. The van der Waals surface area contributed by atoms with Crippen molar-refractivity contribution in [3.8, 4) is 11.5 Å². The number of nitrogens with zero attached hydrogens (tertiary/aromatic N) is 2. The number of nitrogens with one attached hydrogen (secondary N) is 2. The Hall–Kier alpha value is -3.82. The molecule has 0 aromatic heterocycles. The first-order valence-electron chi connectivity index (χ1n) is 11.4.